The molecule has 0 saturated carbocycles. The quantitative estimate of drug-likeness (QED) is 0.657. The Labute approximate surface area is 163 Å². The molecular weight excluding hydrogens is 360 g/mol. The monoisotopic (exact) mass is 384 g/mol. The van der Waals surface area contributed by atoms with Gasteiger partial charge < -0.3 is 15.0 Å². The fourth-order valence-corrected chi connectivity index (χ4v) is 3.20. The third-order valence-electron chi connectivity index (χ3n) is 3.57. The predicted octanol–water partition coefficient (Wildman–Crippen LogP) is 3.42. The molecule has 0 unspecified atom stereocenters. The van der Waals surface area contributed by atoms with E-state index in [1.165, 1.54) is 11.3 Å². The van der Waals surface area contributed by atoms with Crippen LogP contribution >= 0.6 is 11.3 Å². The second-order valence-electron chi connectivity index (χ2n) is 5.84. The molecule has 1 N–H and O–H groups in total. The summed E-state index contributed by atoms with van der Waals surface area (Å²) in [6.07, 6.45) is 6.30. The highest BCUT2D eigenvalue weighted by Crippen LogP contribution is 2.19. The van der Waals surface area contributed by atoms with Crippen molar-refractivity contribution in [2.45, 2.75) is 6.54 Å². The number of pyridine rings is 1. The summed E-state index contributed by atoms with van der Waals surface area (Å²) in [5.41, 5.74) is 3.01. The third kappa shape index (κ3) is 5.87. The summed E-state index contributed by atoms with van der Waals surface area (Å²) in [5, 5.41) is 5.07. The first kappa shape index (κ1) is 20.5. The third-order valence-corrected chi connectivity index (χ3v) is 4.52. The lowest BCUT2D eigenvalue weighted by Gasteiger charge is -2.16. The van der Waals surface area contributed by atoms with Crippen LogP contribution in [0.15, 0.2) is 48.9 Å². The van der Waals surface area contributed by atoms with Crippen molar-refractivity contribution < 1.29 is 9.53 Å². The number of nitrogens with zero attached hydrogens (tertiary/aromatic N) is 3. The van der Waals surface area contributed by atoms with Crippen LogP contribution in [0.25, 0.3) is 16.6 Å². The van der Waals surface area contributed by atoms with Crippen molar-refractivity contribution in [2.75, 3.05) is 28.3 Å². The van der Waals surface area contributed by atoms with E-state index in [1.807, 2.05) is 44.7 Å². The van der Waals surface area contributed by atoms with Gasteiger partial charge in [0.05, 0.1) is 16.1 Å². The predicted molar refractivity (Wildman–Crippen MR) is 111 cm³/mol. The van der Waals surface area contributed by atoms with Crippen LogP contribution in [0.4, 0.5) is 0 Å². The van der Waals surface area contributed by atoms with Crippen molar-refractivity contribution in [3.8, 4) is 0 Å². The summed E-state index contributed by atoms with van der Waals surface area (Å²) in [7, 11) is 7.10. The Morgan fingerprint density at radius 3 is 2.67 bits per heavy atom. The van der Waals surface area contributed by atoms with Crippen LogP contribution in [0.5, 0.6) is 0 Å². The maximum atomic E-state index is 10.8. The van der Waals surface area contributed by atoms with E-state index < -0.39 is 0 Å². The molecule has 27 heavy (non-hydrogen) atoms. The van der Waals surface area contributed by atoms with Gasteiger partial charge in [0.2, 0.25) is 0 Å². The largest absolute Gasteiger partial charge is 0.388 e. The number of ether oxygens (including phenoxy) is 1. The Bertz CT molecular complexity index is 908. The fourth-order valence-electron chi connectivity index (χ4n) is 2.45. The number of fused-ring (bicyclic) bond motifs is 1. The number of aldehydes is 1. The van der Waals surface area contributed by atoms with Crippen LogP contribution < -0.4 is 5.32 Å². The Morgan fingerprint density at radius 2 is 2.00 bits per heavy atom. The van der Waals surface area contributed by atoms with Crippen LogP contribution in [-0.4, -0.2) is 49.5 Å². The number of carbonyl (C=O) groups excluding carboxylic acids is 1. The summed E-state index contributed by atoms with van der Waals surface area (Å²) >= 11 is 1.37. The SMILES string of the molecule is CN/C(=C\N(C)Cc1cnc2ccccc2c1)c1ncc(C=O)s1.COC. The molecule has 2 heterocycles. The molecule has 6 nitrogen and oxygen atoms in total. The number of hydrogen-bond acceptors (Lipinski definition) is 7. The van der Waals surface area contributed by atoms with Gasteiger partial charge in [0, 0.05) is 58.8 Å². The second-order valence-corrected chi connectivity index (χ2v) is 6.90. The first-order valence-corrected chi connectivity index (χ1v) is 9.18. The number of aromatic nitrogens is 2. The van der Waals surface area contributed by atoms with Crippen molar-refractivity contribution >= 4 is 34.2 Å². The molecule has 0 atom stereocenters. The summed E-state index contributed by atoms with van der Waals surface area (Å²) in [5.74, 6) is 0. The van der Waals surface area contributed by atoms with Crippen molar-refractivity contribution in [1.29, 1.82) is 0 Å². The van der Waals surface area contributed by atoms with Gasteiger partial charge in [-0.25, -0.2) is 4.98 Å². The number of carbonyl (C=O) groups is 1. The van der Waals surface area contributed by atoms with Gasteiger partial charge >= 0.3 is 0 Å². The Balaban J connectivity index is 0.000000817. The van der Waals surface area contributed by atoms with Gasteiger partial charge in [-0.05, 0) is 17.7 Å². The molecule has 3 aromatic rings. The smallest absolute Gasteiger partial charge is 0.161 e. The van der Waals surface area contributed by atoms with E-state index in [4.69, 9.17) is 0 Å². The normalized spacial score (nSPS) is 10.9. The zero-order valence-corrected chi connectivity index (χ0v) is 16.8. The molecule has 7 heteroatoms. The molecule has 0 bridgehead atoms. The number of hydrogen-bond donors (Lipinski definition) is 1. The maximum absolute atomic E-state index is 10.8. The molecule has 3 rings (SSSR count). The highest BCUT2D eigenvalue weighted by atomic mass is 32.1. The molecule has 0 saturated heterocycles. The number of nitrogens with one attached hydrogen (secondary N) is 1. The van der Waals surface area contributed by atoms with Gasteiger partial charge in [-0.15, -0.1) is 11.3 Å². The number of methoxy groups -OCH3 is 1. The molecule has 0 aliphatic heterocycles. The van der Waals surface area contributed by atoms with Crippen LogP contribution in [0.2, 0.25) is 0 Å². The molecule has 1 aromatic carbocycles. The zero-order valence-electron chi connectivity index (χ0n) is 16.0. The molecule has 0 aliphatic rings. The van der Waals surface area contributed by atoms with E-state index in [-0.39, 0.29) is 0 Å². The minimum Gasteiger partial charge on any atom is -0.388 e. The van der Waals surface area contributed by atoms with E-state index >= 15 is 0 Å². The molecule has 0 fully saturated rings. The average Bonchev–Trinajstić information content (AvgIpc) is 3.16. The topological polar surface area (TPSA) is 67.3 Å². The summed E-state index contributed by atoms with van der Waals surface area (Å²) in [4.78, 5) is 22.3. The van der Waals surface area contributed by atoms with Gasteiger partial charge in [0.1, 0.15) is 5.01 Å². The number of para-hydroxylation sites is 1. The van der Waals surface area contributed by atoms with Crippen LogP contribution in [-0.2, 0) is 11.3 Å². The van der Waals surface area contributed by atoms with Crippen LogP contribution in [0.1, 0.15) is 20.2 Å². The minimum absolute atomic E-state index is 0.618. The lowest BCUT2D eigenvalue weighted by Crippen LogP contribution is -2.15. The zero-order chi connectivity index (χ0) is 19.6. The minimum atomic E-state index is 0.618. The molecule has 0 spiro atoms. The number of benzene rings is 1. The summed E-state index contributed by atoms with van der Waals surface area (Å²) in [6.45, 7) is 0.731. The molecule has 142 valence electrons. The van der Waals surface area contributed by atoms with E-state index in [0.29, 0.717) is 4.88 Å². The molecule has 0 radical (unpaired) electrons. The van der Waals surface area contributed by atoms with Crippen molar-refractivity contribution in [2.24, 2.45) is 0 Å². The molecule has 2 aromatic heterocycles. The molecule has 0 amide bonds. The lowest BCUT2D eigenvalue weighted by atomic mass is 10.1. The van der Waals surface area contributed by atoms with Crippen molar-refractivity contribution in [3.05, 3.63) is 64.4 Å². The van der Waals surface area contributed by atoms with Gasteiger partial charge in [-0.3, -0.25) is 9.78 Å². The fraction of sp³-hybridized carbons (Fsp3) is 0.250. The van der Waals surface area contributed by atoms with Gasteiger partial charge in [-0.2, -0.15) is 0 Å². The van der Waals surface area contributed by atoms with Crippen LogP contribution in [0, 0.1) is 0 Å². The van der Waals surface area contributed by atoms with Gasteiger partial charge in [0.25, 0.3) is 0 Å². The molecular formula is C20H24N4O2S. The lowest BCUT2D eigenvalue weighted by molar-refractivity contribution is 0.112. The highest BCUT2D eigenvalue weighted by Gasteiger charge is 2.08. The highest BCUT2D eigenvalue weighted by molar-refractivity contribution is 7.14. The van der Waals surface area contributed by atoms with E-state index in [9.17, 15) is 4.79 Å². The number of rotatable bonds is 6. The van der Waals surface area contributed by atoms with E-state index in [2.05, 4.69) is 37.1 Å². The second kappa shape index (κ2) is 10.4. The first-order valence-electron chi connectivity index (χ1n) is 8.36. The van der Waals surface area contributed by atoms with Crippen molar-refractivity contribution in [3.63, 3.8) is 0 Å². The van der Waals surface area contributed by atoms with Crippen molar-refractivity contribution in [1.82, 2.24) is 20.2 Å². The summed E-state index contributed by atoms with van der Waals surface area (Å²) in [6, 6.07) is 10.2. The van der Waals surface area contributed by atoms with Gasteiger partial charge in [0.15, 0.2) is 6.29 Å². The average molecular weight is 385 g/mol. The standard InChI is InChI=1S/C18H18N4OS.C2H6O/c1-19-17(18-21-9-15(12-23)24-18)11-22(2)10-13-7-14-5-3-4-6-16(14)20-8-13;1-3-2/h3-9,11-12,19H,10H2,1-2H3;1-2H3/b17-11-;. The van der Waals surface area contributed by atoms with Gasteiger partial charge in [-0.1, -0.05) is 18.2 Å². The van der Waals surface area contributed by atoms with E-state index in [0.717, 1.165) is 40.0 Å². The van der Waals surface area contributed by atoms with E-state index in [1.54, 1.807) is 20.4 Å². The maximum Gasteiger partial charge on any atom is 0.161 e. The number of thiazole rings is 1. The Kier molecular flexibility index (Phi) is 7.91. The Hall–Kier alpha value is -2.77. The summed E-state index contributed by atoms with van der Waals surface area (Å²) < 4.78 is 4.25. The first-order chi connectivity index (χ1) is 13.1. The Morgan fingerprint density at radius 1 is 1.26 bits per heavy atom. The van der Waals surface area contributed by atoms with Crippen LogP contribution in [0.3, 0.4) is 0 Å². The molecule has 0 aliphatic carbocycles.